The highest BCUT2D eigenvalue weighted by molar-refractivity contribution is 7.90. The Morgan fingerprint density at radius 3 is 2.67 bits per heavy atom. The van der Waals surface area contributed by atoms with Gasteiger partial charge in [-0.05, 0) is 39.5 Å². The van der Waals surface area contributed by atoms with Crippen LogP contribution in [0.3, 0.4) is 0 Å². The molecular weight excluding hydrogens is 328 g/mol. The molecule has 24 heavy (non-hydrogen) atoms. The zero-order valence-corrected chi connectivity index (χ0v) is 16.2. The van der Waals surface area contributed by atoms with E-state index in [1.165, 1.54) is 12.7 Å². The lowest BCUT2D eigenvalue weighted by Crippen LogP contribution is -2.46. The number of nitrogens with zero attached hydrogens (tertiary/aromatic N) is 2. The number of amides is 1. The number of hydrogen-bond acceptors (Lipinski definition) is 4. The minimum absolute atomic E-state index is 0.0104. The third-order valence-electron chi connectivity index (χ3n) is 4.28. The maximum Gasteiger partial charge on any atom is 0.224 e. The fourth-order valence-electron chi connectivity index (χ4n) is 2.79. The van der Waals surface area contributed by atoms with Gasteiger partial charge >= 0.3 is 0 Å². The molecule has 0 radical (unpaired) electrons. The quantitative estimate of drug-likeness (QED) is 0.517. The van der Waals surface area contributed by atoms with Crippen molar-refractivity contribution >= 4 is 21.7 Å². The monoisotopic (exact) mass is 360 g/mol. The van der Waals surface area contributed by atoms with Crippen molar-refractivity contribution in [3.8, 4) is 0 Å². The van der Waals surface area contributed by atoms with Gasteiger partial charge in [-0.1, -0.05) is 0 Å². The van der Waals surface area contributed by atoms with Gasteiger partial charge in [-0.25, -0.2) is 8.42 Å². The summed E-state index contributed by atoms with van der Waals surface area (Å²) in [5.41, 5.74) is 0. The number of carbonyl (C=O) groups is 1. The molecule has 140 valence electrons. The first-order chi connectivity index (χ1) is 11.2. The van der Waals surface area contributed by atoms with Gasteiger partial charge in [-0.3, -0.25) is 9.79 Å². The molecule has 2 unspecified atom stereocenters. The van der Waals surface area contributed by atoms with E-state index in [2.05, 4.69) is 22.5 Å². The lowest BCUT2D eigenvalue weighted by Gasteiger charge is -2.33. The van der Waals surface area contributed by atoms with Crippen LogP contribution in [0, 0.1) is 0 Å². The van der Waals surface area contributed by atoms with Crippen molar-refractivity contribution in [2.45, 2.75) is 58.0 Å². The molecule has 8 heteroatoms. The average Bonchev–Trinajstić information content (AvgIpc) is 2.51. The lowest BCUT2D eigenvalue weighted by atomic mass is 10.0. The van der Waals surface area contributed by atoms with Crippen molar-refractivity contribution in [2.24, 2.45) is 4.99 Å². The zero-order chi connectivity index (χ0) is 18.2. The van der Waals surface area contributed by atoms with Crippen LogP contribution in [0.1, 0.15) is 46.0 Å². The van der Waals surface area contributed by atoms with Gasteiger partial charge in [-0.15, -0.1) is 0 Å². The third kappa shape index (κ3) is 7.99. The highest BCUT2D eigenvalue weighted by Crippen LogP contribution is 2.16. The topological polar surface area (TPSA) is 90.9 Å². The maximum atomic E-state index is 12.3. The van der Waals surface area contributed by atoms with E-state index in [1.807, 2.05) is 11.8 Å². The van der Waals surface area contributed by atoms with E-state index in [0.717, 1.165) is 19.4 Å². The third-order valence-corrected chi connectivity index (χ3v) is 5.26. The molecule has 0 aromatic rings. The van der Waals surface area contributed by atoms with Gasteiger partial charge in [0, 0.05) is 44.9 Å². The minimum Gasteiger partial charge on any atom is -0.356 e. The van der Waals surface area contributed by atoms with E-state index in [0.29, 0.717) is 31.4 Å². The standard InChI is InChI=1S/C16H32N4O3S/c1-13(9-12-24(4,22)23)19-16(17-3)18-10-8-15(21)20-11-6-5-7-14(20)2/h13-14H,5-12H2,1-4H3,(H2,17,18,19). The number of sulfone groups is 1. The van der Waals surface area contributed by atoms with Gasteiger partial charge in [0.05, 0.1) is 5.75 Å². The Balaban J connectivity index is 2.32. The summed E-state index contributed by atoms with van der Waals surface area (Å²) in [6.45, 7) is 5.39. The second kappa shape index (κ2) is 9.86. The van der Waals surface area contributed by atoms with Crippen LogP contribution in [0.5, 0.6) is 0 Å². The van der Waals surface area contributed by atoms with Gasteiger partial charge in [-0.2, -0.15) is 0 Å². The normalized spacial score (nSPS) is 20.6. The fraction of sp³-hybridized carbons (Fsp3) is 0.875. The van der Waals surface area contributed by atoms with Crippen molar-refractivity contribution < 1.29 is 13.2 Å². The molecule has 0 aromatic carbocycles. The Morgan fingerprint density at radius 2 is 2.08 bits per heavy atom. The molecule has 1 saturated heterocycles. The summed E-state index contributed by atoms with van der Waals surface area (Å²) in [6, 6.07) is 0.323. The first-order valence-corrected chi connectivity index (χ1v) is 10.7. The van der Waals surface area contributed by atoms with Crippen LogP contribution in [0.15, 0.2) is 4.99 Å². The molecule has 0 saturated carbocycles. The SMILES string of the molecule is CN=C(NCCC(=O)N1CCCCC1C)NC(C)CCS(C)(=O)=O. The summed E-state index contributed by atoms with van der Waals surface area (Å²) in [5.74, 6) is 0.912. The second-order valence-electron chi connectivity index (χ2n) is 6.64. The van der Waals surface area contributed by atoms with Crippen LogP contribution in [0.2, 0.25) is 0 Å². The van der Waals surface area contributed by atoms with Crippen molar-refractivity contribution in [3.63, 3.8) is 0 Å². The molecule has 2 N–H and O–H groups in total. The molecule has 1 rings (SSSR count). The molecule has 0 aliphatic carbocycles. The Morgan fingerprint density at radius 1 is 1.38 bits per heavy atom. The molecule has 0 bridgehead atoms. The van der Waals surface area contributed by atoms with E-state index in [-0.39, 0.29) is 17.7 Å². The number of hydrogen-bond donors (Lipinski definition) is 2. The number of carbonyl (C=O) groups excluding carboxylic acids is 1. The summed E-state index contributed by atoms with van der Waals surface area (Å²) >= 11 is 0. The molecular formula is C16H32N4O3S. The van der Waals surface area contributed by atoms with Gasteiger partial charge in [0.2, 0.25) is 5.91 Å². The molecule has 1 aliphatic heterocycles. The molecule has 0 aromatic heterocycles. The van der Waals surface area contributed by atoms with Gasteiger partial charge < -0.3 is 15.5 Å². The highest BCUT2D eigenvalue weighted by atomic mass is 32.2. The lowest BCUT2D eigenvalue weighted by molar-refractivity contribution is -0.134. The molecule has 2 atom stereocenters. The van der Waals surface area contributed by atoms with Gasteiger partial charge in [0.15, 0.2) is 5.96 Å². The van der Waals surface area contributed by atoms with Crippen LogP contribution in [-0.4, -0.2) is 69.4 Å². The number of aliphatic imine (C=N–C) groups is 1. The number of nitrogens with one attached hydrogen (secondary N) is 2. The molecule has 0 spiro atoms. The van der Waals surface area contributed by atoms with Gasteiger partial charge in [0.25, 0.3) is 0 Å². The van der Waals surface area contributed by atoms with E-state index >= 15 is 0 Å². The smallest absolute Gasteiger partial charge is 0.224 e. The molecule has 1 aliphatic rings. The highest BCUT2D eigenvalue weighted by Gasteiger charge is 2.22. The Kier molecular flexibility index (Phi) is 8.52. The minimum atomic E-state index is -2.96. The van der Waals surface area contributed by atoms with Crippen molar-refractivity contribution in [2.75, 3.05) is 32.1 Å². The molecule has 1 amide bonds. The number of guanidine groups is 1. The Labute approximate surface area is 146 Å². The first kappa shape index (κ1) is 20.7. The van der Waals surface area contributed by atoms with Crippen LogP contribution in [0.25, 0.3) is 0 Å². The summed E-state index contributed by atoms with van der Waals surface area (Å²) in [5, 5.41) is 6.28. The van der Waals surface area contributed by atoms with Crippen molar-refractivity contribution in [1.82, 2.24) is 15.5 Å². The predicted molar refractivity (Wildman–Crippen MR) is 97.9 cm³/mol. The van der Waals surface area contributed by atoms with Crippen molar-refractivity contribution in [1.29, 1.82) is 0 Å². The van der Waals surface area contributed by atoms with E-state index in [9.17, 15) is 13.2 Å². The van der Waals surface area contributed by atoms with Crippen LogP contribution in [0.4, 0.5) is 0 Å². The van der Waals surface area contributed by atoms with E-state index in [4.69, 9.17) is 0 Å². The summed E-state index contributed by atoms with van der Waals surface area (Å²) in [4.78, 5) is 18.4. The summed E-state index contributed by atoms with van der Waals surface area (Å²) in [7, 11) is -1.30. The molecule has 7 nitrogen and oxygen atoms in total. The van der Waals surface area contributed by atoms with Crippen LogP contribution < -0.4 is 10.6 Å². The van der Waals surface area contributed by atoms with Crippen molar-refractivity contribution in [3.05, 3.63) is 0 Å². The Hall–Kier alpha value is -1.31. The average molecular weight is 361 g/mol. The fourth-order valence-corrected chi connectivity index (χ4v) is 3.57. The second-order valence-corrected chi connectivity index (χ2v) is 8.90. The number of piperidine rings is 1. The largest absolute Gasteiger partial charge is 0.356 e. The van der Waals surface area contributed by atoms with Gasteiger partial charge in [0.1, 0.15) is 9.84 Å². The number of rotatable bonds is 7. The van der Waals surface area contributed by atoms with Crippen LogP contribution in [-0.2, 0) is 14.6 Å². The zero-order valence-electron chi connectivity index (χ0n) is 15.3. The van der Waals surface area contributed by atoms with E-state index < -0.39 is 9.84 Å². The molecule has 1 fully saturated rings. The summed E-state index contributed by atoms with van der Waals surface area (Å²) < 4.78 is 22.4. The van der Waals surface area contributed by atoms with Crippen LogP contribution >= 0.6 is 0 Å². The summed E-state index contributed by atoms with van der Waals surface area (Å²) in [6.07, 6.45) is 5.56. The first-order valence-electron chi connectivity index (χ1n) is 8.67. The molecule has 1 heterocycles. The number of likely N-dealkylation sites (tertiary alicyclic amines) is 1. The van der Waals surface area contributed by atoms with E-state index in [1.54, 1.807) is 7.05 Å². The Bertz CT molecular complexity index is 533. The maximum absolute atomic E-state index is 12.3. The predicted octanol–water partition coefficient (Wildman–Crippen LogP) is 0.766.